The molecule has 0 aliphatic heterocycles. The number of benzene rings is 2. The molecule has 3 N–H and O–H groups in total. The van der Waals surface area contributed by atoms with Crippen LogP contribution in [-0.4, -0.2) is 51.9 Å². The summed E-state index contributed by atoms with van der Waals surface area (Å²) in [6.07, 6.45) is 2.71. The van der Waals surface area contributed by atoms with Gasteiger partial charge in [-0.2, -0.15) is 0 Å². The number of hydrogen-bond donors (Lipinski definition) is 3. The van der Waals surface area contributed by atoms with E-state index in [1.165, 1.54) is 0 Å². The molecular weight excluding hydrogens is 448 g/mol. The summed E-state index contributed by atoms with van der Waals surface area (Å²) >= 11 is 5.68. The molecule has 180 valence electrons. The van der Waals surface area contributed by atoms with Gasteiger partial charge >= 0.3 is 6.03 Å². The third kappa shape index (κ3) is 16.9. The number of carbonyl (C=O) groups is 3. The zero-order chi connectivity index (χ0) is 24.7. The number of ether oxygens (including phenoxy) is 2. The fourth-order valence-electron chi connectivity index (χ4n) is 1.88. The molecule has 9 nitrogen and oxygen atoms in total. The summed E-state index contributed by atoms with van der Waals surface area (Å²) < 4.78 is 9.65. The van der Waals surface area contributed by atoms with Crippen LogP contribution in [0.2, 0.25) is 5.02 Å². The molecule has 2 aromatic carbocycles. The Hall–Kier alpha value is -3.43. The highest BCUT2D eigenvalue weighted by Gasteiger charge is 1.98. The minimum atomic E-state index is -0.519. The second-order valence-electron chi connectivity index (χ2n) is 5.92. The van der Waals surface area contributed by atoms with Crippen LogP contribution in [0.15, 0.2) is 53.5 Å². The second-order valence-corrected chi connectivity index (χ2v) is 6.36. The maximum atomic E-state index is 10.8. The minimum absolute atomic E-state index is 0.0874. The van der Waals surface area contributed by atoms with Gasteiger partial charge in [-0.05, 0) is 55.8 Å². The fraction of sp³-hybridized carbons (Fsp3) is 0.304. The summed E-state index contributed by atoms with van der Waals surface area (Å²) in [6, 6.07) is 13.9. The second kappa shape index (κ2) is 20.5. The zero-order valence-corrected chi connectivity index (χ0v) is 19.8. The van der Waals surface area contributed by atoms with Crippen LogP contribution in [0.25, 0.3) is 0 Å². The van der Waals surface area contributed by atoms with E-state index in [9.17, 15) is 14.4 Å². The predicted molar refractivity (Wildman–Crippen MR) is 131 cm³/mol. The molecule has 0 fully saturated rings. The Balaban J connectivity index is 0.000000536. The number of halogens is 1. The first-order valence-electron chi connectivity index (χ1n) is 10.1. The van der Waals surface area contributed by atoms with Crippen LogP contribution >= 0.6 is 11.6 Å². The Morgan fingerprint density at radius 1 is 1.06 bits per heavy atom. The average Bonchev–Trinajstić information content (AvgIpc) is 2.84. The number of nitrogens with zero attached hydrogens (tertiary/aromatic N) is 1. The van der Waals surface area contributed by atoms with Crippen molar-refractivity contribution in [2.24, 2.45) is 4.99 Å². The van der Waals surface area contributed by atoms with Gasteiger partial charge in [-0.15, -0.1) is 0 Å². The SMILES string of the molecule is CCN=CNc1ccc(OCC=O)cc1.CCOC.O=CNC(=O)NCc1ccc(Cl)cc1. The van der Waals surface area contributed by atoms with Crippen molar-refractivity contribution >= 4 is 42.4 Å². The molecule has 0 bridgehead atoms. The Bertz CT molecular complexity index is 813. The van der Waals surface area contributed by atoms with Crippen LogP contribution in [0, 0.1) is 0 Å². The number of methoxy groups -OCH3 is 1. The van der Waals surface area contributed by atoms with Crippen molar-refractivity contribution in [3.05, 3.63) is 59.1 Å². The number of rotatable bonds is 10. The van der Waals surface area contributed by atoms with Crippen molar-refractivity contribution in [2.75, 3.05) is 32.2 Å². The number of imide groups is 1. The molecule has 33 heavy (non-hydrogen) atoms. The number of amides is 3. The van der Waals surface area contributed by atoms with Crippen LogP contribution in [0.5, 0.6) is 5.75 Å². The Morgan fingerprint density at radius 3 is 2.21 bits per heavy atom. The molecule has 3 amide bonds. The van der Waals surface area contributed by atoms with Crippen molar-refractivity contribution in [3.8, 4) is 5.75 Å². The molecule has 0 saturated heterocycles. The van der Waals surface area contributed by atoms with Crippen molar-refractivity contribution < 1.29 is 23.9 Å². The number of nitrogens with one attached hydrogen (secondary N) is 3. The van der Waals surface area contributed by atoms with Crippen LogP contribution in [0.4, 0.5) is 10.5 Å². The molecule has 2 rings (SSSR count). The summed E-state index contributed by atoms with van der Waals surface area (Å²) in [4.78, 5) is 34.8. The lowest BCUT2D eigenvalue weighted by Crippen LogP contribution is -2.33. The third-order valence-corrected chi connectivity index (χ3v) is 3.77. The topological polar surface area (TPSA) is 118 Å². The van der Waals surface area contributed by atoms with Crippen molar-refractivity contribution in [2.45, 2.75) is 20.4 Å². The molecule has 0 spiro atoms. The molecule has 0 atom stereocenters. The summed E-state index contributed by atoms with van der Waals surface area (Å²) in [5.41, 5.74) is 1.85. The molecule has 0 aliphatic carbocycles. The number of urea groups is 1. The Kier molecular flexibility index (Phi) is 18.3. The van der Waals surface area contributed by atoms with Gasteiger partial charge in [0.05, 0.1) is 6.34 Å². The van der Waals surface area contributed by atoms with Gasteiger partial charge in [0.15, 0.2) is 6.29 Å². The number of carbonyl (C=O) groups excluding carboxylic acids is 3. The molecule has 10 heteroatoms. The normalized spacial score (nSPS) is 9.45. The third-order valence-electron chi connectivity index (χ3n) is 3.52. The van der Waals surface area contributed by atoms with Crippen molar-refractivity contribution in [3.63, 3.8) is 0 Å². The fourth-order valence-corrected chi connectivity index (χ4v) is 2.00. The van der Waals surface area contributed by atoms with Gasteiger partial charge in [0, 0.05) is 37.5 Å². The monoisotopic (exact) mass is 478 g/mol. The highest BCUT2D eigenvalue weighted by molar-refractivity contribution is 6.30. The maximum absolute atomic E-state index is 10.8. The van der Waals surface area contributed by atoms with Crippen LogP contribution in [0.1, 0.15) is 19.4 Å². The maximum Gasteiger partial charge on any atom is 0.321 e. The van der Waals surface area contributed by atoms with Crippen LogP contribution < -0.4 is 20.7 Å². The first kappa shape index (κ1) is 29.6. The van der Waals surface area contributed by atoms with Gasteiger partial charge in [0.2, 0.25) is 6.41 Å². The van der Waals surface area contributed by atoms with E-state index in [-0.39, 0.29) is 6.61 Å². The van der Waals surface area contributed by atoms with E-state index in [0.29, 0.717) is 23.7 Å². The molecule has 0 unspecified atom stereocenters. The number of hydrogen-bond acceptors (Lipinski definition) is 6. The first-order chi connectivity index (χ1) is 16.0. The molecule has 0 saturated carbocycles. The highest BCUT2D eigenvalue weighted by atomic mass is 35.5. The standard InChI is InChI=1S/C11H14N2O2.C9H9ClN2O2.C3H8O/c1-2-12-9-13-10-3-5-11(6-4-10)15-8-7-14;10-8-3-1-7(2-4-8)5-11-9(14)12-6-13;1-3-4-2/h3-7,9H,2,8H2,1H3,(H,12,13);1-4,6H,5H2,(H2,11,12,13,14);3H2,1-2H3. The zero-order valence-electron chi connectivity index (χ0n) is 19.0. The van der Waals surface area contributed by atoms with E-state index >= 15 is 0 Å². The summed E-state index contributed by atoms with van der Waals surface area (Å²) in [5.74, 6) is 0.681. The summed E-state index contributed by atoms with van der Waals surface area (Å²) in [7, 11) is 1.68. The summed E-state index contributed by atoms with van der Waals surface area (Å²) in [5, 5.41) is 8.12. The van der Waals surface area contributed by atoms with E-state index in [1.54, 1.807) is 49.8 Å². The molecule has 0 aromatic heterocycles. The number of aldehydes is 1. The van der Waals surface area contributed by atoms with E-state index in [4.69, 9.17) is 16.3 Å². The van der Waals surface area contributed by atoms with E-state index < -0.39 is 6.03 Å². The summed E-state index contributed by atoms with van der Waals surface area (Å²) in [6.45, 7) is 5.95. The van der Waals surface area contributed by atoms with Crippen molar-refractivity contribution in [1.82, 2.24) is 10.6 Å². The smallest absolute Gasteiger partial charge is 0.321 e. The molecule has 0 heterocycles. The van der Waals surface area contributed by atoms with Crippen molar-refractivity contribution in [1.29, 1.82) is 0 Å². The highest BCUT2D eigenvalue weighted by Crippen LogP contribution is 2.14. The molecule has 0 aliphatic rings. The van der Waals surface area contributed by atoms with Gasteiger partial charge < -0.3 is 20.1 Å². The van der Waals surface area contributed by atoms with Gasteiger partial charge in [0.1, 0.15) is 12.4 Å². The number of aliphatic imine (C=N–C) groups is 1. The molecule has 2 aromatic rings. The molecular formula is C23H31ClN4O5. The van der Waals surface area contributed by atoms with Gasteiger partial charge in [-0.25, -0.2) is 4.79 Å². The van der Waals surface area contributed by atoms with Gasteiger partial charge in [-0.1, -0.05) is 23.7 Å². The quantitative estimate of drug-likeness (QED) is 0.272. The average molecular weight is 479 g/mol. The lowest BCUT2D eigenvalue weighted by atomic mass is 10.2. The van der Waals surface area contributed by atoms with E-state index in [0.717, 1.165) is 30.7 Å². The number of anilines is 1. The van der Waals surface area contributed by atoms with E-state index in [1.807, 2.05) is 31.3 Å². The largest absolute Gasteiger partial charge is 0.486 e. The Labute approximate surface area is 199 Å². The minimum Gasteiger partial charge on any atom is -0.486 e. The lowest BCUT2D eigenvalue weighted by molar-refractivity contribution is -0.110. The predicted octanol–water partition coefficient (Wildman–Crippen LogP) is 3.67. The van der Waals surface area contributed by atoms with Crippen LogP contribution in [0.3, 0.4) is 0 Å². The molecule has 0 radical (unpaired) electrons. The van der Waals surface area contributed by atoms with E-state index in [2.05, 4.69) is 20.4 Å². The lowest BCUT2D eigenvalue weighted by Gasteiger charge is -2.03. The Morgan fingerprint density at radius 2 is 1.70 bits per heavy atom. The van der Waals surface area contributed by atoms with Crippen LogP contribution in [-0.2, 0) is 20.9 Å². The van der Waals surface area contributed by atoms with Gasteiger partial charge in [0.25, 0.3) is 0 Å². The first-order valence-corrected chi connectivity index (χ1v) is 10.5. The van der Waals surface area contributed by atoms with Gasteiger partial charge in [-0.3, -0.25) is 19.9 Å².